The number of imide groups is 1. The normalized spacial score (nSPS) is 10.8. The Labute approximate surface area is 115 Å². The number of nitrogens with one attached hydrogen (secondary N) is 1. The minimum absolute atomic E-state index is 0.277. The predicted octanol–water partition coefficient (Wildman–Crippen LogP) is 0.467. The number of methoxy groups -OCH3 is 1. The van der Waals surface area contributed by atoms with E-state index >= 15 is 0 Å². The Hall–Kier alpha value is -2.77. The van der Waals surface area contributed by atoms with Gasteiger partial charge in [-0.2, -0.15) is 0 Å². The van der Waals surface area contributed by atoms with Gasteiger partial charge in [0.1, 0.15) is 11.5 Å². The number of carbonyl (C=O) groups is 2. The Morgan fingerprint density at radius 2 is 2.15 bits per heavy atom. The molecule has 0 aromatic heterocycles. The number of nitrogens with zero attached hydrogens (tertiary/aromatic N) is 1. The standard InChI is InChI=1S/C12H15N3O5/c1-7(15-18)9-4-3-8(19-2)5-10(9)20-6-11(16)14-12(13)17/h3-5,18H,6H2,1-2H3,(H3,13,14,16,17)/b15-7+. The maximum Gasteiger partial charge on any atom is 0.318 e. The summed E-state index contributed by atoms with van der Waals surface area (Å²) >= 11 is 0. The molecule has 20 heavy (non-hydrogen) atoms. The van der Waals surface area contributed by atoms with Crippen molar-refractivity contribution in [1.82, 2.24) is 5.32 Å². The molecule has 0 spiro atoms. The van der Waals surface area contributed by atoms with Crippen LogP contribution in [0.15, 0.2) is 23.4 Å². The van der Waals surface area contributed by atoms with Gasteiger partial charge in [-0.3, -0.25) is 10.1 Å². The molecule has 3 amide bonds. The van der Waals surface area contributed by atoms with Crippen molar-refractivity contribution in [2.24, 2.45) is 10.9 Å². The van der Waals surface area contributed by atoms with Crippen LogP contribution in [-0.4, -0.2) is 36.6 Å². The van der Waals surface area contributed by atoms with Gasteiger partial charge in [0.2, 0.25) is 0 Å². The molecule has 8 heteroatoms. The highest BCUT2D eigenvalue weighted by Crippen LogP contribution is 2.25. The molecular weight excluding hydrogens is 266 g/mol. The molecule has 0 aliphatic carbocycles. The van der Waals surface area contributed by atoms with Crippen molar-refractivity contribution in [3.63, 3.8) is 0 Å². The maximum absolute atomic E-state index is 11.3. The molecule has 0 aliphatic rings. The zero-order valence-electron chi connectivity index (χ0n) is 11.0. The first-order chi connectivity index (χ1) is 9.47. The zero-order chi connectivity index (χ0) is 15.1. The van der Waals surface area contributed by atoms with E-state index in [1.807, 2.05) is 5.32 Å². The molecule has 0 bridgehead atoms. The lowest BCUT2D eigenvalue weighted by Gasteiger charge is -2.11. The van der Waals surface area contributed by atoms with Crippen molar-refractivity contribution in [3.05, 3.63) is 23.8 Å². The number of hydrogen-bond acceptors (Lipinski definition) is 6. The Bertz CT molecular complexity index is 542. The van der Waals surface area contributed by atoms with E-state index in [-0.39, 0.29) is 5.75 Å². The predicted molar refractivity (Wildman–Crippen MR) is 70.2 cm³/mol. The number of ether oxygens (including phenoxy) is 2. The zero-order valence-corrected chi connectivity index (χ0v) is 11.0. The second-order valence-electron chi connectivity index (χ2n) is 3.75. The fourth-order valence-corrected chi connectivity index (χ4v) is 1.42. The largest absolute Gasteiger partial charge is 0.497 e. The molecule has 108 valence electrons. The number of amides is 3. The van der Waals surface area contributed by atoms with Crippen LogP contribution >= 0.6 is 0 Å². The van der Waals surface area contributed by atoms with E-state index in [1.54, 1.807) is 19.1 Å². The fourth-order valence-electron chi connectivity index (χ4n) is 1.42. The highest BCUT2D eigenvalue weighted by molar-refractivity contribution is 6.01. The monoisotopic (exact) mass is 281 g/mol. The third-order valence-corrected chi connectivity index (χ3v) is 2.35. The van der Waals surface area contributed by atoms with Crippen molar-refractivity contribution in [3.8, 4) is 11.5 Å². The van der Waals surface area contributed by atoms with E-state index in [0.29, 0.717) is 17.0 Å². The molecule has 0 aliphatic heterocycles. The molecule has 0 heterocycles. The van der Waals surface area contributed by atoms with Gasteiger partial charge in [-0.1, -0.05) is 5.16 Å². The lowest BCUT2D eigenvalue weighted by Crippen LogP contribution is -2.38. The summed E-state index contributed by atoms with van der Waals surface area (Å²) in [5.41, 5.74) is 5.60. The van der Waals surface area contributed by atoms with Gasteiger partial charge in [-0.15, -0.1) is 0 Å². The van der Waals surface area contributed by atoms with E-state index in [1.165, 1.54) is 13.2 Å². The van der Waals surface area contributed by atoms with Crippen LogP contribution in [-0.2, 0) is 4.79 Å². The molecule has 0 atom stereocenters. The van der Waals surface area contributed by atoms with Crippen molar-refractivity contribution >= 4 is 17.6 Å². The van der Waals surface area contributed by atoms with Gasteiger partial charge in [0.05, 0.1) is 12.8 Å². The van der Waals surface area contributed by atoms with Gasteiger partial charge in [-0.25, -0.2) is 4.79 Å². The number of urea groups is 1. The van der Waals surface area contributed by atoms with Crippen LogP contribution in [0.25, 0.3) is 0 Å². The summed E-state index contributed by atoms with van der Waals surface area (Å²) in [6.45, 7) is 1.15. The number of carbonyl (C=O) groups excluding carboxylic acids is 2. The highest BCUT2D eigenvalue weighted by atomic mass is 16.5. The van der Waals surface area contributed by atoms with Crippen molar-refractivity contribution in [2.45, 2.75) is 6.92 Å². The van der Waals surface area contributed by atoms with E-state index in [2.05, 4.69) is 5.16 Å². The Morgan fingerprint density at radius 3 is 2.70 bits per heavy atom. The topological polar surface area (TPSA) is 123 Å². The minimum Gasteiger partial charge on any atom is -0.497 e. The molecule has 4 N–H and O–H groups in total. The molecule has 0 radical (unpaired) electrons. The van der Waals surface area contributed by atoms with E-state index in [4.69, 9.17) is 20.4 Å². The summed E-state index contributed by atoms with van der Waals surface area (Å²) in [6, 6.07) is 3.84. The summed E-state index contributed by atoms with van der Waals surface area (Å²) in [5.74, 6) is 0.0916. The molecule has 0 fully saturated rings. The van der Waals surface area contributed by atoms with Crippen LogP contribution in [0.4, 0.5) is 4.79 Å². The minimum atomic E-state index is -0.961. The smallest absolute Gasteiger partial charge is 0.318 e. The van der Waals surface area contributed by atoms with Gasteiger partial charge in [0.25, 0.3) is 5.91 Å². The quantitative estimate of drug-likeness (QED) is 0.411. The van der Waals surface area contributed by atoms with E-state index in [0.717, 1.165) is 0 Å². The number of primary amides is 1. The molecule has 1 aromatic carbocycles. The fraction of sp³-hybridized carbons (Fsp3) is 0.250. The van der Waals surface area contributed by atoms with E-state index in [9.17, 15) is 9.59 Å². The number of benzene rings is 1. The summed E-state index contributed by atoms with van der Waals surface area (Å²) in [5, 5.41) is 13.7. The Balaban J connectivity index is 2.91. The van der Waals surface area contributed by atoms with Crippen LogP contribution in [0.3, 0.4) is 0 Å². The maximum atomic E-state index is 11.3. The number of hydrogen-bond donors (Lipinski definition) is 3. The van der Waals surface area contributed by atoms with Crippen molar-refractivity contribution in [1.29, 1.82) is 0 Å². The van der Waals surface area contributed by atoms with Crippen LogP contribution in [0.5, 0.6) is 11.5 Å². The Kier molecular flexibility index (Phi) is 5.33. The van der Waals surface area contributed by atoms with Crippen molar-refractivity contribution in [2.75, 3.05) is 13.7 Å². The molecule has 8 nitrogen and oxygen atoms in total. The van der Waals surface area contributed by atoms with Crippen LogP contribution in [0.2, 0.25) is 0 Å². The molecule has 0 unspecified atom stereocenters. The highest BCUT2D eigenvalue weighted by Gasteiger charge is 2.12. The first-order valence-electron chi connectivity index (χ1n) is 5.57. The number of rotatable bonds is 5. The molecule has 1 rings (SSSR count). The average Bonchev–Trinajstić information content (AvgIpc) is 2.43. The third kappa shape index (κ3) is 4.16. The van der Waals surface area contributed by atoms with Gasteiger partial charge in [0.15, 0.2) is 6.61 Å². The summed E-state index contributed by atoms with van der Waals surface area (Å²) < 4.78 is 10.3. The van der Waals surface area contributed by atoms with Gasteiger partial charge >= 0.3 is 6.03 Å². The van der Waals surface area contributed by atoms with Crippen LogP contribution < -0.4 is 20.5 Å². The van der Waals surface area contributed by atoms with Crippen LogP contribution in [0, 0.1) is 0 Å². The second-order valence-corrected chi connectivity index (χ2v) is 3.75. The lowest BCUT2D eigenvalue weighted by molar-refractivity contribution is -0.121. The molecule has 0 saturated heterocycles. The molecular formula is C12H15N3O5. The lowest BCUT2D eigenvalue weighted by atomic mass is 10.1. The SMILES string of the molecule is COc1ccc(/C(C)=N/O)c(OCC(=O)NC(N)=O)c1. The Morgan fingerprint density at radius 1 is 1.45 bits per heavy atom. The summed E-state index contributed by atoms with van der Waals surface area (Å²) in [7, 11) is 1.48. The summed E-state index contributed by atoms with van der Waals surface area (Å²) in [4.78, 5) is 21.8. The summed E-state index contributed by atoms with van der Waals surface area (Å²) in [6.07, 6.45) is 0. The average molecular weight is 281 g/mol. The van der Waals surface area contributed by atoms with Gasteiger partial charge in [0, 0.05) is 11.6 Å². The molecule has 1 aromatic rings. The third-order valence-electron chi connectivity index (χ3n) is 2.35. The second kappa shape index (κ2) is 6.98. The molecule has 0 saturated carbocycles. The van der Waals surface area contributed by atoms with E-state index < -0.39 is 18.5 Å². The van der Waals surface area contributed by atoms with Crippen molar-refractivity contribution < 1.29 is 24.3 Å². The number of oxime groups is 1. The first kappa shape index (κ1) is 15.3. The van der Waals surface area contributed by atoms with Gasteiger partial charge in [-0.05, 0) is 19.1 Å². The van der Waals surface area contributed by atoms with Crippen LogP contribution in [0.1, 0.15) is 12.5 Å². The number of nitrogens with two attached hydrogens (primary N) is 1. The van der Waals surface area contributed by atoms with Gasteiger partial charge < -0.3 is 20.4 Å². The first-order valence-corrected chi connectivity index (χ1v) is 5.57.